The van der Waals surface area contributed by atoms with Gasteiger partial charge in [-0.15, -0.1) is 0 Å². The van der Waals surface area contributed by atoms with Crippen molar-refractivity contribution < 1.29 is 14.3 Å². The molecule has 0 aromatic heterocycles. The zero-order chi connectivity index (χ0) is 13.1. The van der Waals surface area contributed by atoms with Crippen LogP contribution in [0.5, 0.6) is 0 Å². The molecule has 18 heavy (non-hydrogen) atoms. The summed E-state index contributed by atoms with van der Waals surface area (Å²) in [6.07, 6.45) is 2.45. The lowest BCUT2D eigenvalue weighted by Crippen LogP contribution is -2.22. The molecule has 0 saturated carbocycles. The third-order valence-corrected chi connectivity index (χ3v) is 3.16. The third-order valence-electron chi connectivity index (χ3n) is 3.16. The first-order chi connectivity index (χ1) is 8.59. The number of carbonyl (C=O) groups is 2. The van der Waals surface area contributed by atoms with Crippen LogP contribution in [0.3, 0.4) is 0 Å². The molecular weight excluding hydrogens is 232 g/mol. The Kier molecular flexibility index (Phi) is 3.62. The number of hydrogen-bond acceptors (Lipinski definition) is 3. The Hall–Kier alpha value is -1.88. The zero-order valence-corrected chi connectivity index (χ0v) is 10.0. The molecule has 4 N–H and O–H groups in total. The average Bonchev–Trinajstić information content (AvgIpc) is 2.81. The lowest BCUT2D eigenvalue weighted by atomic mass is 9.94. The van der Waals surface area contributed by atoms with Crippen molar-refractivity contribution in [3.63, 3.8) is 0 Å². The molecule has 0 bridgehead atoms. The van der Waals surface area contributed by atoms with Crippen LogP contribution in [0.15, 0.2) is 18.2 Å². The molecule has 1 fully saturated rings. The fraction of sp³-hybridized carbons (Fsp3) is 0.385. The smallest absolute Gasteiger partial charge is 0.249 e. The number of amides is 2. The summed E-state index contributed by atoms with van der Waals surface area (Å²) in [5.41, 5.74) is 12.0. The molecule has 96 valence electrons. The normalized spacial score (nSPS) is 18.8. The van der Waals surface area contributed by atoms with Gasteiger partial charge >= 0.3 is 0 Å². The fourth-order valence-electron chi connectivity index (χ4n) is 2.30. The first-order valence-electron chi connectivity index (χ1n) is 5.92. The summed E-state index contributed by atoms with van der Waals surface area (Å²) in [6, 6.07) is 4.83. The Bertz CT molecular complexity index is 447. The van der Waals surface area contributed by atoms with E-state index in [0.29, 0.717) is 23.1 Å². The number of nitrogens with two attached hydrogens (primary N) is 2. The van der Waals surface area contributed by atoms with Gasteiger partial charge in [0.05, 0.1) is 6.10 Å². The highest BCUT2D eigenvalue weighted by molar-refractivity contribution is 6.01. The van der Waals surface area contributed by atoms with E-state index in [-0.39, 0.29) is 6.10 Å². The average molecular weight is 248 g/mol. The second-order valence-electron chi connectivity index (χ2n) is 4.40. The maximum atomic E-state index is 11.4. The van der Waals surface area contributed by atoms with E-state index in [4.69, 9.17) is 16.2 Å². The Balaban J connectivity index is 2.39. The number of rotatable bonds is 4. The summed E-state index contributed by atoms with van der Waals surface area (Å²) < 4.78 is 5.52. The first kappa shape index (κ1) is 12.6. The van der Waals surface area contributed by atoms with Crippen LogP contribution in [-0.4, -0.2) is 24.5 Å². The van der Waals surface area contributed by atoms with Crippen LogP contribution in [-0.2, 0) is 11.2 Å². The molecule has 1 aliphatic heterocycles. The predicted molar refractivity (Wildman–Crippen MR) is 66.2 cm³/mol. The van der Waals surface area contributed by atoms with E-state index in [0.717, 1.165) is 19.4 Å². The van der Waals surface area contributed by atoms with Crippen molar-refractivity contribution in [3.05, 3.63) is 34.9 Å². The Morgan fingerprint density at radius 2 is 1.83 bits per heavy atom. The summed E-state index contributed by atoms with van der Waals surface area (Å²) in [5, 5.41) is 0. The minimum absolute atomic E-state index is 0.0311. The highest BCUT2D eigenvalue weighted by Gasteiger charge is 2.22. The van der Waals surface area contributed by atoms with Crippen LogP contribution >= 0.6 is 0 Å². The number of hydrogen-bond donors (Lipinski definition) is 2. The van der Waals surface area contributed by atoms with Crippen LogP contribution in [0.1, 0.15) is 39.1 Å². The lowest BCUT2D eigenvalue weighted by molar-refractivity contribution is 0.0988. The molecule has 2 rings (SSSR count). The summed E-state index contributed by atoms with van der Waals surface area (Å²) in [4.78, 5) is 22.8. The molecular formula is C13H16N2O3. The van der Waals surface area contributed by atoms with Gasteiger partial charge in [-0.3, -0.25) is 9.59 Å². The van der Waals surface area contributed by atoms with Crippen LogP contribution < -0.4 is 11.5 Å². The van der Waals surface area contributed by atoms with Crippen molar-refractivity contribution in [1.29, 1.82) is 0 Å². The standard InChI is InChI=1S/C13H16N2O3/c14-12(16)9-4-1-5-10(13(15)17)11(9)7-8-3-2-6-18-8/h1,4-5,8H,2-3,6-7H2,(H2,14,16)(H2,15,17). The summed E-state index contributed by atoms with van der Waals surface area (Å²) in [5.74, 6) is -1.10. The molecule has 0 radical (unpaired) electrons. The van der Waals surface area contributed by atoms with Gasteiger partial charge in [-0.2, -0.15) is 0 Å². The van der Waals surface area contributed by atoms with Gasteiger partial charge in [0.15, 0.2) is 0 Å². The molecule has 1 saturated heterocycles. The molecule has 5 nitrogen and oxygen atoms in total. The van der Waals surface area contributed by atoms with E-state index in [9.17, 15) is 9.59 Å². The lowest BCUT2D eigenvalue weighted by Gasteiger charge is -2.14. The minimum Gasteiger partial charge on any atom is -0.378 e. The van der Waals surface area contributed by atoms with E-state index in [1.54, 1.807) is 18.2 Å². The van der Waals surface area contributed by atoms with E-state index in [1.807, 2.05) is 0 Å². The predicted octanol–water partition coefficient (Wildman–Crippen LogP) is 0.606. The highest BCUT2D eigenvalue weighted by atomic mass is 16.5. The molecule has 1 unspecified atom stereocenters. The Morgan fingerprint density at radius 1 is 1.22 bits per heavy atom. The number of ether oxygens (including phenoxy) is 1. The van der Waals surface area contributed by atoms with Crippen molar-refractivity contribution in [1.82, 2.24) is 0 Å². The summed E-state index contributed by atoms with van der Waals surface area (Å²) >= 11 is 0. The molecule has 0 aliphatic carbocycles. The van der Waals surface area contributed by atoms with Crippen LogP contribution in [0.4, 0.5) is 0 Å². The van der Waals surface area contributed by atoms with Gasteiger partial charge < -0.3 is 16.2 Å². The number of primary amides is 2. The van der Waals surface area contributed by atoms with E-state index >= 15 is 0 Å². The Labute approximate surface area is 105 Å². The van der Waals surface area contributed by atoms with Gasteiger partial charge in [0.25, 0.3) is 0 Å². The van der Waals surface area contributed by atoms with Gasteiger partial charge in [-0.25, -0.2) is 0 Å². The highest BCUT2D eigenvalue weighted by Crippen LogP contribution is 2.22. The van der Waals surface area contributed by atoms with Gasteiger partial charge in [0.1, 0.15) is 0 Å². The second-order valence-corrected chi connectivity index (χ2v) is 4.40. The third kappa shape index (κ3) is 2.51. The minimum atomic E-state index is -0.550. The quantitative estimate of drug-likeness (QED) is 0.817. The van der Waals surface area contributed by atoms with Crippen LogP contribution in [0.2, 0.25) is 0 Å². The van der Waals surface area contributed by atoms with Crippen molar-refractivity contribution in [3.8, 4) is 0 Å². The van der Waals surface area contributed by atoms with Gasteiger partial charge in [-0.05, 0) is 30.5 Å². The number of carbonyl (C=O) groups excluding carboxylic acids is 2. The maximum absolute atomic E-state index is 11.4. The Morgan fingerprint density at radius 3 is 2.28 bits per heavy atom. The molecule has 1 aromatic rings. The van der Waals surface area contributed by atoms with Crippen LogP contribution in [0, 0.1) is 0 Å². The first-order valence-corrected chi connectivity index (χ1v) is 5.92. The van der Waals surface area contributed by atoms with E-state index in [2.05, 4.69) is 0 Å². The van der Waals surface area contributed by atoms with Crippen molar-refractivity contribution in [2.75, 3.05) is 6.61 Å². The maximum Gasteiger partial charge on any atom is 0.249 e. The second kappa shape index (κ2) is 5.18. The van der Waals surface area contributed by atoms with E-state index in [1.165, 1.54) is 0 Å². The largest absolute Gasteiger partial charge is 0.378 e. The number of benzene rings is 1. The fourth-order valence-corrected chi connectivity index (χ4v) is 2.30. The molecule has 2 amide bonds. The summed E-state index contributed by atoms with van der Waals surface area (Å²) in [6.45, 7) is 0.718. The summed E-state index contributed by atoms with van der Waals surface area (Å²) in [7, 11) is 0. The SMILES string of the molecule is NC(=O)c1cccc(C(N)=O)c1CC1CCCO1. The molecule has 5 heteroatoms. The monoisotopic (exact) mass is 248 g/mol. The zero-order valence-electron chi connectivity index (χ0n) is 10.0. The molecule has 1 heterocycles. The van der Waals surface area contributed by atoms with Gasteiger partial charge in [-0.1, -0.05) is 6.07 Å². The molecule has 1 atom stereocenters. The van der Waals surface area contributed by atoms with Gasteiger partial charge in [0.2, 0.25) is 11.8 Å². The van der Waals surface area contributed by atoms with Crippen LogP contribution in [0.25, 0.3) is 0 Å². The molecule has 1 aromatic carbocycles. The van der Waals surface area contributed by atoms with Crippen molar-refractivity contribution in [2.24, 2.45) is 11.5 Å². The molecule has 0 spiro atoms. The van der Waals surface area contributed by atoms with Crippen molar-refractivity contribution >= 4 is 11.8 Å². The van der Waals surface area contributed by atoms with Gasteiger partial charge in [0, 0.05) is 24.2 Å². The van der Waals surface area contributed by atoms with Crippen molar-refractivity contribution in [2.45, 2.75) is 25.4 Å². The molecule has 1 aliphatic rings. The topological polar surface area (TPSA) is 95.4 Å². The van der Waals surface area contributed by atoms with E-state index < -0.39 is 11.8 Å².